The van der Waals surface area contributed by atoms with Crippen LogP contribution in [0.2, 0.25) is 0 Å². The predicted octanol–water partition coefficient (Wildman–Crippen LogP) is 0.293. The third-order valence-electron chi connectivity index (χ3n) is 0.634. The van der Waals surface area contributed by atoms with Crippen LogP contribution in [0.25, 0.3) is 0 Å². The predicted molar refractivity (Wildman–Crippen MR) is 36.4 cm³/mol. The van der Waals surface area contributed by atoms with Gasteiger partial charge in [-0.1, -0.05) is 11.6 Å². The van der Waals surface area contributed by atoms with Crippen molar-refractivity contribution in [2.24, 2.45) is 0 Å². The van der Waals surface area contributed by atoms with E-state index in [-0.39, 0.29) is 0 Å². The van der Waals surface area contributed by atoms with Crippen molar-refractivity contribution in [3.05, 3.63) is 0 Å². The lowest BCUT2D eigenvalue weighted by Crippen LogP contribution is -2.21. The van der Waals surface area contributed by atoms with Crippen LogP contribution in [0.5, 0.6) is 0 Å². The molecule has 0 amide bonds. The molecule has 0 aliphatic heterocycles. The minimum absolute atomic E-state index is 1.01. The molecule has 0 bridgehead atoms. The van der Waals surface area contributed by atoms with Crippen LogP contribution in [0.15, 0.2) is 0 Å². The molecule has 0 N–H and O–H groups in total. The molecule has 7 heteroatoms. The Kier molecular flexibility index (Phi) is 3.41. The lowest BCUT2D eigenvalue weighted by Gasteiger charge is -2.00. The summed E-state index contributed by atoms with van der Waals surface area (Å²) in [5.74, 6) is -1.09. The zero-order valence-electron chi connectivity index (χ0n) is 4.87. The molecule has 0 aliphatic carbocycles. The zero-order chi connectivity index (χ0) is 8.36. The Bertz CT molecular complexity index is 221. The molecule has 4 nitrogen and oxygen atoms in total. The van der Waals surface area contributed by atoms with Gasteiger partial charge in [-0.05, 0) is 0 Å². The van der Waals surface area contributed by atoms with E-state index in [0.29, 0.717) is 0 Å². The molecule has 1 atom stereocenters. The lowest BCUT2D eigenvalue weighted by atomic mass is 10.8. The highest BCUT2D eigenvalue weighted by molar-refractivity contribution is 8.15. The lowest BCUT2D eigenvalue weighted by molar-refractivity contribution is -0.138. The second-order valence-corrected chi connectivity index (χ2v) is 4.72. The number of rotatable bonds is 2. The van der Waals surface area contributed by atoms with Gasteiger partial charge >= 0.3 is 5.97 Å². The van der Waals surface area contributed by atoms with Gasteiger partial charge in [-0.15, -0.1) is 0 Å². The van der Waals surface area contributed by atoms with Crippen LogP contribution < -0.4 is 0 Å². The van der Waals surface area contributed by atoms with E-state index in [9.17, 15) is 13.2 Å². The molecule has 0 aromatic heterocycles. The summed E-state index contributed by atoms with van der Waals surface area (Å²) in [6, 6.07) is 0. The second kappa shape index (κ2) is 3.41. The molecule has 60 valence electrons. The Morgan fingerprint density at radius 1 is 1.60 bits per heavy atom. The van der Waals surface area contributed by atoms with Crippen LogP contribution in [0.1, 0.15) is 0 Å². The van der Waals surface area contributed by atoms with Gasteiger partial charge in [-0.2, -0.15) is 0 Å². The quantitative estimate of drug-likeness (QED) is 0.371. The fourth-order valence-corrected chi connectivity index (χ4v) is 0.841. The van der Waals surface area contributed by atoms with Crippen molar-refractivity contribution < 1.29 is 17.9 Å². The number of alkyl halides is 1. The average Bonchev–Trinajstić information content (AvgIpc) is 1.83. The molecule has 0 saturated carbocycles. The van der Waals surface area contributed by atoms with Gasteiger partial charge in [0.2, 0.25) is 4.71 Å². The van der Waals surface area contributed by atoms with Gasteiger partial charge in [0.15, 0.2) is 0 Å². The Labute approximate surface area is 67.5 Å². The number of carbonyl (C=O) groups is 1. The van der Waals surface area contributed by atoms with Crippen LogP contribution in [-0.2, 0) is 18.6 Å². The third kappa shape index (κ3) is 2.72. The first kappa shape index (κ1) is 10.0. The van der Waals surface area contributed by atoms with Gasteiger partial charge < -0.3 is 4.74 Å². The molecular weight excluding hydrogens is 203 g/mol. The summed E-state index contributed by atoms with van der Waals surface area (Å²) < 4.78 is 22.7. The number of methoxy groups -OCH3 is 1. The topological polar surface area (TPSA) is 60.4 Å². The Balaban J connectivity index is 4.39. The minimum atomic E-state index is -4.05. The Morgan fingerprint density at radius 3 is 2.10 bits per heavy atom. The van der Waals surface area contributed by atoms with E-state index in [1.54, 1.807) is 0 Å². The summed E-state index contributed by atoms with van der Waals surface area (Å²) >= 11 is 5.01. The van der Waals surface area contributed by atoms with Crippen molar-refractivity contribution in [2.75, 3.05) is 7.11 Å². The van der Waals surface area contributed by atoms with E-state index in [4.69, 9.17) is 22.3 Å². The summed E-state index contributed by atoms with van der Waals surface area (Å²) in [5.41, 5.74) is 0. The van der Waals surface area contributed by atoms with Gasteiger partial charge in [-0.3, -0.25) is 0 Å². The number of ether oxygens (including phenoxy) is 1. The first-order chi connectivity index (χ1) is 4.39. The van der Waals surface area contributed by atoms with Crippen LogP contribution in [0.3, 0.4) is 0 Å². The summed E-state index contributed by atoms with van der Waals surface area (Å²) in [5, 5.41) is 0. The van der Waals surface area contributed by atoms with Gasteiger partial charge in [0.1, 0.15) is 0 Å². The second-order valence-electron chi connectivity index (χ2n) is 1.31. The number of hydrogen-bond acceptors (Lipinski definition) is 4. The highest BCUT2D eigenvalue weighted by atomic mass is 35.7. The van der Waals surface area contributed by atoms with E-state index < -0.39 is 19.7 Å². The molecule has 0 aromatic carbocycles. The van der Waals surface area contributed by atoms with E-state index in [0.717, 1.165) is 7.11 Å². The summed E-state index contributed by atoms with van der Waals surface area (Å²) in [7, 11) is 1.66. The van der Waals surface area contributed by atoms with Gasteiger partial charge in [-0.25, -0.2) is 13.2 Å². The van der Waals surface area contributed by atoms with Crippen LogP contribution >= 0.6 is 22.3 Å². The first-order valence-electron chi connectivity index (χ1n) is 2.05. The average molecular weight is 207 g/mol. The molecule has 10 heavy (non-hydrogen) atoms. The van der Waals surface area contributed by atoms with Gasteiger partial charge in [0.05, 0.1) is 7.11 Å². The fraction of sp³-hybridized carbons (Fsp3) is 0.667. The Morgan fingerprint density at radius 2 is 2.00 bits per heavy atom. The summed E-state index contributed by atoms with van der Waals surface area (Å²) in [6.07, 6.45) is 0. The molecule has 1 unspecified atom stereocenters. The largest absolute Gasteiger partial charge is 0.467 e. The highest BCUT2D eigenvalue weighted by Crippen LogP contribution is 2.12. The molecule has 0 radical (unpaired) electrons. The zero-order valence-corrected chi connectivity index (χ0v) is 7.20. The highest BCUT2D eigenvalue weighted by Gasteiger charge is 2.29. The van der Waals surface area contributed by atoms with Crippen molar-refractivity contribution in [2.45, 2.75) is 4.71 Å². The summed E-state index contributed by atoms with van der Waals surface area (Å²) in [4.78, 5) is 10.3. The van der Waals surface area contributed by atoms with Crippen LogP contribution in [0.4, 0.5) is 0 Å². The maximum atomic E-state index is 10.3. The van der Waals surface area contributed by atoms with Crippen LogP contribution in [-0.4, -0.2) is 26.2 Å². The van der Waals surface area contributed by atoms with Crippen LogP contribution in [0, 0.1) is 0 Å². The fourth-order valence-electron chi connectivity index (χ4n) is 0.208. The molecule has 0 fully saturated rings. The SMILES string of the molecule is COC(=O)C(Cl)S(=O)(=O)Cl. The molecule has 0 aromatic rings. The van der Waals surface area contributed by atoms with E-state index in [1.807, 2.05) is 0 Å². The van der Waals surface area contributed by atoms with Crippen molar-refractivity contribution in [1.82, 2.24) is 0 Å². The van der Waals surface area contributed by atoms with Gasteiger partial charge in [0, 0.05) is 10.7 Å². The third-order valence-corrected chi connectivity index (χ3v) is 3.01. The maximum Gasteiger partial charge on any atom is 0.340 e. The first-order valence-corrected chi connectivity index (χ1v) is 4.86. The normalized spacial score (nSPS) is 14.3. The molecule has 0 saturated heterocycles. The molecule has 0 spiro atoms. The van der Waals surface area contributed by atoms with Crippen molar-refractivity contribution in [1.29, 1.82) is 0 Å². The number of carbonyl (C=O) groups excluding carboxylic acids is 1. The smallest absolute Gasteiger partial charge is 0.340 e. The van der Waals surface area contributed by atoms with Crippen molar-refractivity contribution in [3.63, 3.8) is 0 Å². The van der Waals surface area contributed by atoms with Crippen molar-refractivity contribution in [3.8, 4) is 0 Å². The van der Waals surface area contributed by atoms with Gasteiger partial charge in [0.25, 0.3) is 9.05 Å². The standard InChI is InChI=1S/C3H4Cl2O4S/c1-9-3(6)2(4)10(5,7)8/h2H,1H3. The summed E-state index contributed by atoms with van der Waals surface area (Å²) in [6.45, 7) is 0. The van der Waals surface area contributed by atoms with E-state index >= 15 is 0 Å². The monoisotopic (exact) mass is 206 g/mol. The maximum absolute atomic E-state index is 10.3. The molecule has 0 heterocycles. The number of esters is 1. The van der Waals surface area contributed by atoms with E-state index in [2.05, 4.69) is 4.74 Å². The molecular formula is C3H4Cl2O4S. The molecule has 0 aliphatic rings. The number of hydrogen-bond donors (Lipinski definition) is 0. The van der Waals surface area contributed by atoms with Crippen molar-refractivity contribution >= 4 is 37.3 Å². The minimum Gasteiger partial charge on any atom is -0.467 e. The Hall–Kier alpha value is -0.000000000000000111. The van der Waals surface area contributed by atoms with E-state index in [1.165, 1.54) is 0 Å². The molecule has 0 rings (SSSR count). The number of halogens is 2.